The maximum absolute atomic E-state index is 12.5. The van der Waals surface area contributed by atoms with Crippen LogP contribution in [-0.4, -0.2) is 12.6 Å². The molecule has 32 heavy (non-hydrogen) atoms. The third kappa shape index (κ3) is 21.3. The number of hydrogen-bond acceptors (Lipinski definition) is 2. The molecule has 0 heterocycles. The van der Waals surface area contributed by atoms with Crippen LogP contribution in [0, 0.1) is 11.8 Å². The SMILES string of the molecule is CCCCCCCCCC(CCCCCCCCC)COC(=O)C(C)CCCCCCC. The summed E-state index contributed by atoms with van der Waals surface area (Å²) in [5.74, 6) is 0.681. The summed E-state index contributed by atoms with van der Waals surface area (Å²) in [5, 5.41) is 0. The Morgan fingerprint density at radius 3 is 1.28 bits per heavy atom. The van der Waals surface area contributed by atoms with Gasteiger partial charge in [0.15, 0.2) is 0 Å². The number of carbonyl (C=O) groups excluding carboxylic acids is 1. The summed E-state index contributed by atoms with van der Waals surface area (Å²) in [5.41, 5.74) is 0. The first-order chi connectivity index (χ1) is 15.7. The second-order valence-corrected chi connectivity index (χ2v) is 10.4. The van der Waals surface area contributed by atoms with Crippen LogP contribution in [0.3, 0.4) is 0 Å². The number of esters is 1. The quantitative estimate of drug-likeness (QED) is 0.102. The molecule has 1 atom stereocenters. The third-order valence-corrected chi connectivity index (χ3v) is 7.04. The van der Waals surface area contributed by atoms with E-state index in [9.17, 15) is 4.79 Å². The van der Waals surface area contributed by atoms with Gasteiger partial charge in [0.25, 0.3) is 0 Å². The van der Waals surface area contributed by atoms with Crippen LogP contribution in [0.25, 0.3) is 0 Å². The monoisotopic (exact) mass is 452 g/mol. The van der Waals surface area contributed by atoms with E-state index in [0.717, 1.165) is 12.8 Å². The van der Waals surface area contributed by atoms with Crippen molar-refractivity contribution in [1.29, 1.82) is 0 Å². The molecule has 2 nitrogen and oxygen atoms in total. The van der Waals surface area contributed by atoms with Gasteiger partial charge in [0.05, 0.1) is 12.5 Å². The summed E-state index contributed by atoms with van der Waals surface area (Å²) in [7, 11) is 0. The van der Waals surface area contributed by atoms with E-state index >= 15 is 0 Å². The van der Waals surface area contributed by atoms with E-state index in [1.54, 1.807) is 0 Å². The Labute approximate surface area is 203 Å². The predicted molar refractivity (Wildman–Crippen MR) is 142 cm³/mol. The molecule has 0 spiro atoms. The van der Waals surface area contributed by atoms with E-state index in [1.165, 1.54) is 128 Å². The molecule has 0 aliphatic heterocycles. The van der Waals surface area contributed by atoms with Crippen LogP contribution in [0.1, 0.15) is 169 Å². The molecule has 0 saturated heterocycles. The molecular weight excluding hydrogens is 392 g/mol. The average molecular weight is 453 g/mol. The molecule has 0 aliphatic rings. The van der Waals surface area contributed by atoms with Crippen molar-refractivity contribution in [1.82, 2.24) is 0 Å². The van der Waals surface area contributed by atoms with Crippen molar-refractivity contribution in [3.63, 3.8) is 0 Å². The highest BCUT2D eigenvalue weighted by atomic mass is 16.5. The van der Waals surface area contributed by atoms with Gasteiger partial charge in [-0.15, -0.1) is 0 Å². The molecule has 1 unspecified atom stereocenters. The fourth-order valence-electron chi connectivity index (χ4n) is 4.61. The van der Waals surface area contributed by atoms with Crippen LogP contribution >= 0.6 is 0 Å². The maximum atomic E-state index is 12.5. The fraction of sp³-hybridized carbons (Fsp3) is 0.967. The van der Waals surface area contributed by atoms with Crippen molar-refractivity contribution in [2.24, 2.45) is 11.8 Å². The van der Waals surface area contributed by atoms with E-state index in [0.29, 0.717) is 12.5 Å². The summed E-state index contributed by atoms with van der Waals surface area (Å²) >= 11 is 0. The van der Waals surface area contributed by atoms with Gasteiger partial charge in [0.1, 0.15) is 0 Å². The molecule has 192 valence electrons. The molecule has 2 heteroatoms. The molecule has 0 saturated carbocycles. The summed E-state index contributed by atoms with van der Waals surface area (Å²) in [6, 6.07) is 0. The van der Waals surface area contributed by atoms with Gasteiger partial charge in [-0.05, 0) is 25.2 Å². The lowest BCUT2D eigenvalue weighted by atomic mass is 9.94. The van der Waals surface area contributed by atoms with Crippen LogP contribution in [0.5, 0.6) is 0 Å². The Morgan fingerprint density at radius 1 is 0.531 bits per heavy atom. The normalized spacial score (nSPS) is 12.4. The molecular formula is C30H60O2. The zero-order valence-electron chi connectivity index (χ0n) is 22.7. The van der Waals surface area contributed by atoms with Gasteiger partial charge in [-0.3, -0.25) is 4.79 Å². The molecule has 0 radical (unpaired) electrons. The zero-order valence-corrected chi connectivity index (χ0v) is 22.7. The van der Waals surface area contributed by atoms with Gasteiger partial charge in [-0.1, -0.05) is 150 Å². The first kappa shape index (κ1) is 31.5. The van der Waals surface area contributed by atoms with Crippen molar-refractivity contribution in [2.45, 2.75) is 169 Å². The van der Waals surface area contributed by atoms with E-state index < -0.39 is 0 Å². The largest absolute Gasteiger partial charge is 0.465 e. The van der Waals surface area contributed by atoms with E-state index in [4.69, 9.17) is 4.74 Å². The molecule has 0 aromatic carbocycles. The van der Waals surface area contributed by atoms with E-state index in [2.05, 4.69) is 27.7 Å². The molecule has 0 amide bonds. The average Bonchev–Trinajstić information content (AvgIpc) is 2.80. The second kappa shape index (κ2) is 25.1. The number of rotatable bonds is 25. The highest BCUT2D eigenvalue weighted by molar-refractivity contribution is 5.71. The van der Waals surface area contributed by atoms with Crippen LogP contribution in [-0.2, 0) is 9.53 Å². The number of hydrogen-bond donors (Lipinski definition) is 0. The van der Waals surface area contributed by atoms with Gasteiger partial charge in [-0.25, -0.2) is 0 Å². The minimum Gasteiger partial charge on any atom is -0.465 e. The molecule has 0 rings (SSSR count). The minimum absolute atomic E-state index is 0.0459. The second-order valence-electron chi connectivity index (χ2n) is 10.4. The lowest BCUT2D eigenvalue weighted by Crippen LogP contribution is -2.20. The summed E-state index contributed by atoms with van der Waals surface area (Å²) < 4.78 is 5.83. The van der Waals surface area contributed by atoms with E-state index in [-0.39, 0.29) is 11.9 Å². The van der Waals surface area contributed by atoms with Gasteiger partial charge in [-0.2, -0.15) is 0 Å². The van der Waals surface area contributed by atoms with Crippen molar-refractivity contribution in [3.05, 3.63) is 0 Å². The molecule has 0 aromatic rings. The Hall–Kier alpha value is -0.530. The highest BCUT2D eigenvalue weighted by Crippen LogP contribution is 2.21. The van der Waals surface area contributed by atoms with Crippen LogP contribution in [0.4, 0.5) is 0 Å². The highest BCUT2D eigenvalue weighted by Gasteiger charge is 2.17. The van der Waals surface area contributed by atoms with Crippen molar-refractivity contribution >= 4 is 5.97 Å². The predicted octanol–water partition coefficient (Wildman–Crippen LogP) is 10.4. The molecule has 0 bridgehead atoms. The molecule has 0 aromatic heterocycles. The molecule has 0 fully saturated rings. The van der Waals surface area contributed by atoms with Crippen LogP contribution in [0.15, 0.2) is 0 Å². The standard InChI is InChI=1S/C30H60O2/c1-5-8-11-14-16-19-22-25-29(26-23-20-17-15-12-9-6-2)27-32-30(31)28(4)24-21-18-13-10-7-3/h28-29H,5-27H2,1-4H3. The number of carbonyl (C=O) groups is 1. The lowest BCUT2D eigenvalue weighted by Gasteiger charge is -2.19. The van der Waals surface area contributed by atoms with Crippen molar-refractivity contribution in [2.75, 3.05) is 6.61 Å². The molecule has 0 N–H and O–H groups in total. The molecule has 0 aliphatic carbocycles. The van der Waals surface area contributed by atoms with Gasteiger partial charge < -0.3 is 4.74 Å². The zero-order chi connectivity index (χ0) is 23.7. The van der Waals surface area contributed by atoms with Crippen molar-refractivity contribution < 1.29 is 9.53 Å². The van der Waals surface area contributed by atoms with Crippen LogP contribution in [0.2, 0.25) is 0 Å². The Morgan fingerprint density at radius 2 is 0.875 bits per heavy atom. The Bertz CT molecular complexity index is 361. The van der Waals surface area contributed by atoms with Gasteiger partial charge in [0.2, 0.25) is 0 Å². The topological polar surface area (TPSA) is 26.3 Å². The van der Waals surface area contributed by atoms with E-state index in [1.807, 2.05) is 0 Å². The number of ether oxygens (including phenoxy) is 1. The summed E-state index contributed by atoms with van der Waals surface area (Å²) in [4.78, 5) is 12.5. The minimum atomic E-state index is 0.0459. The number of unbranched alkanes of at least 4 members (excludes halogenated alkanes) is 16. The first-order valence-corrected chi connectivity index (χ1v) is 14.8. The third-order valence-electron chi connectivity index (χ3n) is 7.04. The summed E-state index contributed by atoms with van der Waals surface area (Å²) in [6.07, 6.45) is 28.8. The van der Waals surface area contributed by atoms with Gasteiger partial charge in [0, 0.05) is 0 Å². The van der Waals surface area contributed by atoms with Crippen molar-refractivity contribution in [3.8, 4) is 0 Å². The van der Waals surface area contributed by atoms with Crippen LogP contribution < -0.4 is 0 Å². The lowest BCUT2D eigenvalue weighted by molar-refractivity contribution is -0.149. The first-order valence-electron chi connectivity index (χ1n) is 14.8. The maximum Gasteiger partial charge on any atom is 0.308 e. The fourth-order valence-corrected chi connectivity index (χ4v) is 4.61. The smallest absolute Gasteiger partial charge is 0.308 e. The Balaban J connectivity index is 4.15. The summed E-state index contributed by atoms with van der Waals surface area (Å²) in [6.45, 7) is 9.52. The Kier molecular flexibility index (Phi) is 24.7. The van der Waals surface area contributed by atoms with Gasteiger partial charge >= 0.3 is 5.97 Å².